The summed E-state index contributed by atoms with van der Waals surface area (Å²) in [4.78, 5) is 11.7. The van der Waals surface area contributed by atoms with Gasteiger partial charge in [-0.05, 0) is 18.3 Å². The minimum absolute atomic E-state index is 0.0306. The van der Waals surface area contributed by atoms with E-state index in [2.05, 4.69) is 19.2 Å². The van der Waals surface area contributed by atoms with Gasteiger partial charge in [0.1, 0.15) is 0 Å². The Morgan fingerprint density at radius 1 is 1.38 bits per heavy atom. The van der Waals surface area contributed by atoms with Gasteiger partial charge in [-0.3, -0.25) is 4.79 Å². The van der Waals surface area contributed by atoms with Crippen LogP contribution in [-0.2, 0) is 4.79 Å². The molecule has 96 valence electrons. The fourth-order valence-electron chi connectivity index (χ4n) is 1.56. The van der Waals surface area contributed by atoms with Crippen molar-refractivity contribution in [2.24, 2.45) is 17.6 Å². The van der Waals surface area contributed by atoms with E-state index in [1.165, 1.54) is 0 Å². The fraction of sp³-hybridized carbons (Fsp3) is 0.917. The van der Waals surface area contributed by atoms with Crippen LogP contribution in [0.15, 0.2) is 0 Å². The van der Waals surface area contributed by atoms with Crippen molar-refractivity contribution in [3.63, 3.8) is 0 Å². The Balaban J connectivity index is 4.19. The second-order valence-electron chi connectivity index (χ2n) is 4.93. The maximum absolute atomic E-state index is 11.7. The van der Waals surface area contributed by atoms with Crippen LogP contribution in [-0.4, -0.2) is 29.7 Å². The average Bonchev–Trinajstić information content (AvgIpc) is 2.25. The maximum Gasteiger partial charge on any atom is 0.237 e. The van der Waals surface area contributed by atoms with Crippen molar-refractivity contribution >= 4 is 5.91 Å². The fourth-order valence-corrected chi connectivity index (χ4v) is 1.56. The predicted molar refractivity (Wildman–Crippen MR) is 65.9 cm³/mol. The van der Waals surface area contributed by atoms with Gasteiger partial charge in [0.25, 0.3) is 0 Å². The summed E-state index contributed by atoms with van der Waals surface area (Å²) < 4.78 is 0. The van der Waals surface area contributed by atoms with Crippen molar-refractivity contribution in [1.29, 1.82) is 0 Å². The first-order valence-electron chi connectivity index (χ1n) is 6.09. The Hall–Kier alpha value is -0.610. The second-order valence-corrected chi connectivity index (χ2v) is 4.93. The minimum atomic E-state index is -0.480. The first-order chi connectivity index (χ1) is 7.42. The number of nitrogens with one attached hydrogen (secondary N) is 1. The van der Waals surface area contributed by atoms with Crippen LogP contribution in [0.2, 0.25) is 0 Å². The Morgan fingerprint density at radius 2 is 1.94 bits per heavy atom. The van der Waals surface area contributed by atoms with Crippen molar-refractivity contribution in [3.8, 4) is 0 Å². The molecular weight excluding hydrogens is 204 g/mol. The third kappa shape index (κ3) is 5.47. The van der Waals surface area contributed by atoms with Gasteiger partial charge in [-0.2, -0.15) is 0 Å². The summed E-state index contributed by atoms with van der Waals surface area (Å²) in [6.07, 6.45) is 1.65. The summed E-state index contributed by atoms with van der Waals surface area (Å²) in [5.41, 5.74) is 5.81. The van der Waals surface area contributed by atoms with E-state index in [1.54, 1.807) is 0 Å². The zero-order chi connectivity index (χ0) is 12.7. The lowest BCUT2D eigenvalue weighted by atomic mass is 9.98. The monoisotopic (exact) mass is 230 g/mol. The van der Waals surface area contributed by atoms with Crippen LogP contribution < -0.4 is 11.1 Å². The highest BCUT2D eigenvalue weighted by Gasteiger charge is 2.22. The highest BCUT2D eigenvalue weighted by Crippen LogP contribution is 2.08. The largest absolute Gasteiger partial charge is 0.394 e. The molecule has 0 aliphatic carbocycles. The molecular formula is C12H26N2O2. The lowest BCUT2D eigenvalue weighted by Gasteiger charge is -2.23. The average molecular weight is 230 g/mol. The van der Waals surface area contributed by atoms with E-state index in [0.29, 0.717) is 5.92 Å². The molecule has 0 aromatic heterocycles. The molecule has 0 aromatic rings. The molecule has 0 bridgehead atoms. The van der Waals surface area contributed by atoms with Gasteiger partial charge < -0.3 is 16.2 Å². The molecule has 4 heteroatoms. The zero-order valence-electron chi connectivity index (χ0n) is 10.9. The smallest absolute Gasteiger partial charge is 0.237 e. The Kier molecular flexibility index (Phi) is 7.34. The first kappa shape index (κ1) is 15.4. The van der Waals surface area contributed by atoms with Gasteiger partial charge in [0.15, 0.2) is 0 Å². The van der Waals surface area contributed by atoms with Crippen LogP contribution in [0.1, 0.15) is 40.5 Å². The molecule has 3 atom stereocenters. The number of nitrogens with two attached hydrogens (primary N) is 1. The third-order valence-corrected chi connectivity index (χ3v) is 2.88. The van der Waals surface area contributed by atoms with Crippen LogP contribution in [0, 0.1) is 11.8 Å². The lowest BCUT2D eigenvalue weighted by Crippen LogP contribution is -2.49. The molecule has 0 radical (unpaired) electrons. The molecule has 0 aliphatic heterocycles. The van der Waals surface area contributed by atoms with Crippen molar-refractivity contribution in [2.45, 2.75) is 52.6 Å². The summed E-state index contributed by atoms with van der Waals surface area (Å²) in [6.45, 7) is 8.06. The summed E-state index contributed by atoms with van der Waals surface area (Å²) in [5, 5.41) is 11.9. The van der Waals surface area contributed by atoms with E-state index in [-0.39, 0.29) is 24.5 Å². The second kappa shape index (κ2) is 7.63. The van der Waals surface area contributed by atoms with Crippen molar-refractivity contribution in [2.75, 3.05) is 6.61 Å². The van der Waals surface area contributed by atoms with Crippen LogP contribution in [0.4, 0.5) is 0 Å². The number of carbonyl (C=O) groups excluding carboxylic acids is 1. The van der Waals surface area contributed by atoms with Gasteiger partial charge in [-0.25, -0.2) is 0 Å². The van der Waals surface area contributed by atoms with Crippen LogP contribution in [0.5, 0.6) is 0 Å². The van der Waals surface area contributed by atoms with Gasteiger partial charge in [-0.15, -0.1) is 0 Å². The summed E-state index contributed by atoms with van der Waals surface area (Å²) >= 11 is 0. The highest BCUT2D eigenvalue weighted by atomic mass is 16.3. The number of hydrogen-bond acceptors (Lipinski definition) is 3. The van der Waals surface area contributed by atoms with Gasteiger partial charge >= 0.3 is 0 Å². The number of carbonyl (C=O) groups is 1. The molecule has 1 unspecified atom stereocenters. The van der Waals surface area contributed by atoms with Gasteiger partial charge in [0.2, 0.25) is 5.91 Å². The van der Waals surface area contributed by atoms with E-state index in [0.717, 1.165) is 12.8 Å². The van der Waals surface area contributed by atoms with Crippen LogP contribution >= 0.6 is 0 Å². The molecule has 0 heterocycles. The first-order valence-corrected chi connectivity index (χ1v) is 6.09. The predicted octanol–water partition coefficient (Wildman–Crippen LogP) is 0.883. The molecule has 0 saturated heterocycles. The Labute approximate surface area is 98.6 Å². The van der Waals surface area contributed by atoms with Crippen molar-refractivity contribution in [3.05, 3.63) is 0 Å². The summed E-state index contributed by atoms with van der Waals surface area (Å²) in [5.74, 6) is 0.449. The number of hydrogen-bond donors (Lipinski definition) is 3. The molecule has 0 aromatic carbocycles. The minimum Gasteiger partial charge on any atom is -0.394 e. The topological polar surface area (TPSA) is 75.4 Å². The SMILES string of the molecule is CC[C@H](C)[C@H](N)C(=O)NC(CO)CC(C)C. The van der Waals surface area contributed by atoms with Gasteiger partial charge in [0.05, 0.1) is 18.7 Å². The highest BCUT2D eigenvalue weighted by molar-refractivity contribution is 5.82. The number of amides is 1. The molecule has 0 rings (SSSR count). The van der Waals surface area contributed by atoms with Gasteiger partial charge in [-0.1, -0.05) is 34.1 Å². The molecule has 4 N–H and O–H groups in total. The van der Waals surface area contributed by atoms with E-state index in [9.17, 15) is 4.79 Å². The molecule has 0 spiro atoms. The standard InChI is InChI=1S/C12H26N2O2/c1-5-9(4)11(13)12(16)14-10(7-15)6-8(2)3/h8-11,15H,5-7,13H2,1-4H3,(H,14,16)/t9-,10?,11-/m0/s1. The van der Waals surface area contributed by atoms with E-state index >= 15 is 0 Å². The Bertz CT molecular complexity index is 207. The van der Waals surface area contributed by atoms with Crippen molar-refractivity contribution in [1.82, 2.24) is 5.32 Å². The molecule has 16 heavy (non-hydrogen) atoms. The lowest BCUT2D eigenvalue weighted by molar-refractivity contribution is -0.124. The van der Waals surface area contributed by atoms with Gasteiger partial charge in [0, 0.05) is 0 Å². The molecule has 0 saturated carbocycles. The molecule has 0 aliphatic rings. The molecule has 0 fully saturated rings. The number of aliphatic hydroxyl groups excluding tert-OH is 1. The van der Waals surface area contributed by atoms with E-state index in [1.807, 2.05) is 13.8 Å². The number of rotatable bonds is 7. The molecule has 1 amide bonds. The summed E-state index contributed by atoms with van der Waals surface area (Å²) in [6, 6.07) is -0.659. The maximum atomic E-state index is 11.7. The van der Waals surface area contributed by atoms with Crippen molar-refractivity contribution < 1.29 is 9.90 Å². The van der Waals surface area contributed by atoms with Crippen LogP contribution in [0.25, 0.3) is 0 Å². The number of aliphatic hydroxyl groups is 1. The molecule has 4 nitrogen and oxygen atoms in total. The third-order valence-electron chi connectivity index (χ3n) is 2.88. The normalized spacial score (nSPS) is 16.9. The quantitative estimate of drug-likeness (QED) is 0.608. The van der Waals surface area contributed by atoms with E-state index < -0.39 is 6.04 Å². The zero-order valence-corrected chi connectivity index (χ0v) is 10.9. The Morgan fingerprint density at radius 3 is 2.31 bits per heavy atom. The van der Waals surface area contributed by atoms with E-state index in [4.69, 9.17) is 10.8 Å². The van der Waals surface area contributed by atoms with Crippen LogP contribution in [0.3, 0.4) is 0 Å². The summed E-state index contributed by atoms with van der Waals surface area (Å²) in [7, 11) is 0.